The molecule has 0 fully saturated rings. The van der Waals surface area contributed by atoms with Crippen molar-refractivity contribution in [1.82, 2.24) is 15.0 Å². The van der Waals surface area contributed by atoms with Gasteiger partial charge in [-0.15, -0.1) is 0 Å². The van der Waals surface area contributed by atoms with Crippen LogP contribution in [0, 0.1) is 6.92 Å². The predicted octanol–water partition coefficient (Wildman–Crippen LogP) is 4.20. The lowest BCUT2D eigenvalue weighted by molar-refractivity contribution is 0.0786. The lowest BCUT2D eigenvalue weighted by Gasteiger charge is -2.18. The van der Waals surface area contributed by atoms with E-state index in [2.05, 4.69) is 10.1 Å². The molecule has 5 rings (SSSR count). The number of carbonyl (C=O) groups is 1. The summed E-state index contributed by atoms with van der Waals surface area (Å²) in [7, 11) is 1.77. The summed E-state index contributed by atoms with van der Waals surface area (Å²) in [4.78, 5) is 19.6. The number of aryl methyl sites for hydroxylation is 1. The minimum Gasteiger partial charge on any atom is -0.454 e. The number of rotatable bonds is 4. The second-order valence-electron chi connectivity index (χ2n) is 7.22. The zero-order valence-corrected chi connectivity index (χ0v) is 16.6. The van der Waals surface area contributed by atoms with Gasteiger partial charge in [0.05, 0.1) is 22.3 Å². The third kappa shape index (κ3) is 3.14. The van der Waals surface area contributed by atoms with E-state index in [1.54, 1.807) is 18.0 Å². The molecule has 150 valence electrons. The lowest BCUT2D eigenvalue weighted by Crippen LogP contribution is -2.26. The summed E-state index contributed by atoms with van der Waals surface area (Å²) in [5, 5.41) is 4.65. The van der Waals surface area contributed by atoms with Gasteiger partial charge in [-0.25, -0.2) is 4.98 Å². The molecule has 7 heteroatoms. The Labute approximate surface area is 172 Å². The van der Waals surface area contributed by atoms with Crippen molar-refractivity contribution in [3.05, 3.63) is 71.4 Å². The monoisotopic (exact) mass is 401 g/mol. The second-order valence-corrected chi connectivity index (χ2v) is 7.22. The maximum atomic E-state index is 13.4. The Morgan fingerprint density at radius 3 is 2.70 bits per heavy atom. The highest BCUT2D eigenvalue weighted by Crippen LogP contribution is 2.33. The molecule has 0 spiro atoms. The molecule has 2 aromatic carbocycles. The molecule has 2 aromatic heterocycles. The molecule has 3 heterocycles. The average Bonchev–Trinajstić information content (AvgIpc) is 3.39. The van der Waals surface area contributed by atoms with Crippen molar-refractivity contribution in [2.24, 2.45) is 0 Å². The van der Waals surface area contributed by atoms with Gasteiger partial charge in [0.2, 0.25) is 6.79 Å². The highest BCUT2D eigenvalue weighted by atomic mass is 16.7. The first-order valence-electron chi connectivity index (χ1n) is 9.56. The Balaban J connectivity index is 1.51. The van der Waals surface area contributed by atoms with Gasteiger partial charge in [-0.05, 0) is 30.7 Å². The molecule has 0 aliphatic carbocycles. The van der Waals surface area contributed by atoms with Crippen LogP contribution in [0.1, 0.15) is 21.6 Å². The second kappa shape index (κ2) is 7.18. The van der Waals surface area contributed by atoms with Crippen LogP contribution >= 0.6 is 0 Å². The number of benzene rings is 2. The summed E-state index contributed by atoms with van der Waals surface area (Å²) in [6, 6.07) is 17.2. The van der Waals surface area contributed by atoms with E-state index in [0.29, 0.717) is 40.3 Å². The molecule has 0 saturated heterocycles. The molecule has 0 saturated carbocycles. The predicted molar refractivity (Wildman–Crippen MR) is 110 cm³/mol. The Morgan fingerprint density at radius 2 is 1.87 bits per heavy atom. The van der Waals surface area contributed by atoms with Gasteiger partial charge in [-0.3, -0.25) is 4.79 Å². The van der Waals surface area contributed by atoms with Crippen molar-refractivity contribution in [2.45, 2.75) is 13.5 Å². The summed E-state index contributed by atoms with van der Waals surface area (Å²) in [6.45, 7) is 2.45. The third-order valence-corrected chi connectivity index (χ3v) is 5.12. The van der Waals surface area contributed by atoms with Crippen molar-refractivity contribution >= 4 is 17.0 Å². The van der Waals surface area contributed by atoms with Crippen molar-refractivity contribution < 1.29 is 18.8 Å². The van der Waals surface area contributed by atoms with E-state index in [4.69, 9.17) is 14.0 Å². The minimum atomic E-state index is -0.136. The van der Waals surface area contributed by atoms with E-state index in [-0.39, 0.29) is 12.7 Å². The highest BCUT2D eigenvalue weighted by Gasteiger charge is 2.22. The number of nitrogens with zero attached hydrogens (tertiary/aromatic N) is 3. The normalized spacial score (nSPS) is 12.3. The number of aromatic nitrogens is 2. The summed E-state index contributed by atoms with van der Waals surface area (Å²) in [6.07, 6.45) is 0. The van der Waals surface area contributed by atoms with Crippen molar-refractivity contribution in [3.63, 3.8) is 0 Å². The van der Waals surface area contributed by atoms with Crippen LogP contribution in [0.4, 0.5) is 0 Å². The van der Waals surface area contributed by atoms with Crippen LogP contribution in [0.15, 0.2) is 59.1 Å². The van der Waals surface area contributed by atoms with Crippen molar-refractivity contribution in [3.8, 4) is 22.8 Å². The lowest BCUT2D eigenvalue weighted by atomic mass is 10.0. The quantitative estimate of drug-likeness (QED) is 0.510. The van der Waals surface area contributed by atoms with Crippen LogP contribution in [0.5, 0.6) is 11.5 Å². The van der Waals surface area contributed by atoms with Gasteiger partial charge >= 0.3 is 0 Å². The molecule has 30 heavy (non-hydrogen) atoms. The highest BCUT2D eigenvalue weighted by molar-refractivity contribution is 6.06. The maximum absolute atomic E-state index is 13.4. The molecule has 4 aromatic rings. The number of ether oxygens (including phenoxy) is 2. The zero-order valence-electron chi connectivity index (χ0n) is 16.6. The van der Waals surface area contributed by atoms with Gasteiger partial charge in [0.15, 0.2) is 11.5 Å². The van der Waals surface area contributed by atoms with Crippen LogP contribution in [-0.4, -0.2) is 34.8 Å². The van der Waals surface area contributed by atoms with Gasteiger partial charge in [0.1, 0.15) is 0 Å². The summed E-state index contributed by atoms with van der Waals surface area (Å²) in [5.74, 6) is 1.28. The molecular weight excluding hydrogens is 382 g/mol. The standard InChI is InChI=1S/C23H19N3O4/c1-14-21-17(11-18(24-22(21)30-25-14)16-6-4-3-5-7-16)23(27)26(2)12-15-8-9-19-20(10-15)29-13-28-19/h3-11H,12-13H2,1-2H3. The largest absolute Gasteiger partial charge is 0.454 e. The zero-order chi connectivity index (χ0) is 20.7. The van der Waals surface area contributed by atoms with Gasteiger partial charge in [-0.2, -0.15) is 0 Å². The SMILES string of the molecule is Cc1noc2nc(-c3ccccc3)cc(C(=O)N(C)Cc3ccc4c(c3)OCO4)c12. The molecule has 7 nitrogen and oxygen atoms in total. The molecule has 1 amide bonds. The Bertz CT molecular complexity index is 1250. The third-order valence-electron chi connectivity index (χ3n) is 5.12. The number of fused-ring (bicyclic) bond motifs is 2. The van der Waals surface area contributed by atoms with Crippen LogP contribution in [0.2, 0.25) is 0 Å². The van der Waals surface area contributed by atoms with Gasteiger partial charge in [-0.1, -0.05) is 41.6 Å². The van der Waals surface area contributed by atoms with E-state index in [1.165, 1.54) is 0 Å². The first kappa shape index (κ1) is 18.2. The molecular formula is C23H19N3O4. The van der Waals surface area contributed by atoms with Crippen LogP contribution in [-0.2, 0) is 6.54 Å². The fraction of sp³-hybridized carbons (Fsp3) is 0.174. The Morgan fingerprint density at radius 1 is 1.07 bits per heavy atom. The maximum Gasteiger partial charge on any atom is 0.259 e. The number of hydrogen-bond donors (Lipinski definition) is 0. The summed E-state index contributed by atoms with van der Waals surface area (Å²) >= 11 is 0. The van der Waals surface area contributed by atoms with Gasteiger partial charge < -0.3 is 18.9 Å². The molecule has 0 bridgehead atoms. The smallest absolute Gasteiger partial charge is 0.259 e. The number of carbonyl (C=O) groups excluding carboxylic acids is 1. The number of pyridine rings is 1. The fourth-order valence-corrected chi connectivity index (χ4v) is 3.61. The minimum absolute atomic E-state index is 0.136. The van der Waals surface area contributed by atoms with Crippen LogP contribution in [0.25, 0.3) is 22.4 Å². The average molecular weight is 401 g/mol. The van der Waals surface area contributed by atoms with Crippen molar-refractivity contribution in [2.75, 3.05) is 13.8 Å². The molecule has 0 atom stereocenters. The Kier molecular flexibility index (Phi) is 4.35. The van der Waals surface area contributed by atoms with Gasteiger partial charge in [0, 0.05) is 19.2 Å². The first-order valence-corrected chi connectivity index (χ1v) is 9.56. The fourth-order valence-electron chi connectivity index (χ4n) is 3.61. The van der Waals surface area contributed by atoms with E-state index in [0.717, 1.165) is 16.9 Å². The van der Waals surface area contributed by atoms with Crippen LogP contribution < -0.4 is 9.47 Å². The summed E-state index contributed by atoms with van der Waals surface area (Å²) < 4.78 is 16.2. The Hall–Kier alpha value is -3.87. The molecule has 0 unspecified atom stereocenters. The summed E-state index contributed by atoms with van der Waals surface area (Å²) in [5.41, 5.74) is 4.03. The first-order chi connectivity index (χ1) is 14.6. The number of hydrogen-bond acceptors (Lipinski definition) is 6. The van der Waals surface area contributed by atoms with Gasteiger partial charge in [0.25, 0.3) is 11.6 Å². The van der Waals surface area contributed by atoms with E-state index in [1.807, 2.05) is 55.5 Å². The molecule has 0 N–H and O–H groups in total. The van der Waals surface area contributed by atoms with E-state index < -0.39 is 0 Å². The molecule has 1 aliphatic heterocycles. The van der Waals surface area contributed by atoms with E-state index in [9.17, 15) is 4.79 Å². The molecule has 1 aliphatic rings. The van der Waals surface area contributed by atoms with E-state index >= 15 is 0 Å². The topological polar surface area (TPSA) is 77.7 Å². The van der Waals surface area contributed by atoms with Crippen LogP contribution in [0.3, 0.4) is 0 Å². The molecule has 0 radical (unpaired) electrons. The number of amides is 1. The van der Waals surface area contributed by atoms with Crippen molar-refractivity contribution in [1.29, 1.82) is 0 Å².